The first-order chi connectivity index (χ1) is 11.2. The molecule has 1 aliphatic rings. The molecule has 1 saturated carbocycles. The molecule has 0 saturated heterocycles. The molecule has 1 aromatic carbocycles. The Kier molecular flexibility index (Phi) is 5.41. The van der Waals surface area contributed by atoms with Gasteiger partial charge in [0.2, 0.25) is 0 Å². The van der Waals surface area contributed by atoms with Crippen molar-refractivity contribution < 1.29 is 9.13 Å². The van der Waals surface area contributed by atoms with E-state index in [-0.39, 0.29) is 10.9 Å². The second-order valence-corrected chi connectivity index (χ2v) is 6.13. The molecule has 0 radical (unpaired) electrons. The summed E-state index contributed by atoms with van der Waals surface area (Å²) in [7, 11) is 0. The number of benzene rings is 1. The lowest BCUT2D eigenvalue weighted by atomic mass is 10.2. The summed E-state index contributed by atoms with van der Waals surface area (Å²) in [6, 6.07) is 6.07. The SMILES string of the molecule is O=c1cc(CNCCCOC2CCCC2)[nH]c2c(F)cccc12. The van der Waals surface area contributed by atoms with Crippen LogP contribution < -0.4 is 10.7 Å². The van der Waals surface area contributed by atoms with Crippen LogP contribution in [-0.2, 0) is 11.3 Å². The van der Waals surface area contributed by atoms with Crippen molar-refractivity contribution in [2.75, 3.05) is 13.2 Å². The lowest BCUT2D eigenvalue weighted by molar-refractivity contribution is 0.0568. The highest BCUT2D eigenvalue weighted by atomic mass is 19.1. The Labute approximate surface area is 135 Å². The first kappa shape index (κ1) is 16.1. The Balaban J connectivity index is 1.47. The number of hydrogen-bond acceptors (Lipinski definition) is 3. The number of fused-ring (bicyclic) bond motifs is 1. The molecule has 0 atom stereocenters. The number of aromatic amines is 1. The molecule has 2 aromatic rings. The topological polar surface area (TPSA) is 54.1 Å². The van der Waals surface area contributed by atoms with Gasteiger partial charge in [-0.3, -0.25) is 4.79 Å². The van der Waals surface area contributed by atoms with Crippen LogP contribution in [0.2, 0.25) is 0 Å². The summed E-state index contributed by atoms with van der Waals surface area (Å²) >= 11 is 0. The van der Waals surface area contributed by atoms with Crippen molar-refractivity contribution in [3.8, 4) is 0 Å². The summed E-state index contributed by atoms with van der Waals surface area (Å²) in [5.41, 5.74) is 0.824. The smallest absolute Gasteiger partial charge is 0.189 e. The predicted molar refractivity (Wildman–Crippen MR) is 89.1 cm³/mol. The lowest BCUT2D eigenvalue weighted by Gasteiger charge is -2.11. The second-order valence-electron chi connectivity index (χ2n) is 6.13. The van der Waals surface area contributed by atoms with Crippen molar-refractivity contribution in [1.82, 2.24) is 10.3 Å². The van der Waals surface area contributed by atoms with E-state index in [1.807, 2.05) is 0 Å². The Morgan fingerprint density at radius 2 is 2.13 bits per heavy atom. The van der Waals surface area contributed by atoms with Crippen LogP contribution in [0.4, 0.5) is 4.39 Å². The van der Waals surface area contributed by atoms with Gasteiger partial charge in [0.25, 0.3) is 0 Å². The van der Waals surface area contributed by atoms with E-state index in [2.05, 4.69) is 10.3 Å². The molecule has 2 N–H and O–H groups in total. The third-order valence-electron chi connectivity index (χ3n) is 4.34. The van der Waals surface area contributed by atoms with Gasteiger partial charge in [-0.25, -0.2) is 4.39 Å². The summed E-state index contributed by atoms with van der Waals surface area (Å²) < 4.78 is 19.6. The molecule has 3 rings (SSSR count). The highest BCUT2D eigenvalue weighted by Crippen LogP contribution is 2.20. The van der Waals surface area contributed by atoms with Crippen molar-refractivity contribution >= 4 is 10.9 Å². The Hall–Kier alpha value is -1.72. The highest BCUT2D eigenvalue weighted by molar-refractivity contribution is 5.78. The maximum absolute atomic E-state index is 13.8. The first-order valence-electron chi connectivity index (χ1n) is 8.37. The minimum absolute atomic E-state index is 0.153. The number of halogens is 1. The summed E-state index contributed by atoms with van der Waals surface area (Å²) in [6.45, 7) is 2.09. The van der Waals surface area contributed by atoms with Gasteiger partial charge in [-0.05, 0) is 37.9 Å². The number of para-hydroxylation sites is 1. The first-order valence-corrected chi connectivity index (χ1v) is 8.37. The molecule has 5 heteroatoms. The average molecular weight is 318 g/mol. The molecular formula is C18H23FN2O2. The van der Waals surface area contributed by atoms with Gasteiger partial charge in [-0.15, -0.1) is 0 Å². The number of H-pyrrole nitrogens is 1. The molecule has 1 aromatic heterocycles. The van der Waals surface area contributed by atoms with Crippen molar-refractivity contribution in [3.05, 3.63) is 46.0 Å². The largest absolute Gasteiger partial charge is 0.378 e. The number of pyridine rings is 1. The van der Waals surface area contributed by atoms with Gasteiger partial charge in [-0.1, -0.05) is 18.9 Å². The van der Waals surface area contributed by atoms with Gasteiger partial charge >= 0.3 is 0 Å². The zero-order chi connectivity index (χ0) is 16.1. The molecule has 0 amide bonds. The molecule has 23 heavy (non-hydrogen) atoms. The molecule has 0 spiro atoms. The lowest BCUT2D eigenvalue weighted by Crippen LogP contribution is -2.20. The molecular weight excluding hydrogens is 295 g/mol. The van der Waals surface area contributed by atoms with Gasteiger partial charge in [0.1, 0.15) is 5.82 Å². The van der Waals surface area contributed by atoms with Crippen LogP contribution in [-0.4, -0.2) is 24.2 Å². The minimum atomic E-state index is -0.397. The fourth-order valence-corrected chi connectivity index (χ4v) is 3.11. The Bertz CT molecular complexity index is 708. The molecule has 0 unspecified atom stereocenters. The molecule has 0 bridgehead atoms. The van der Waals surface area contributed by atoms with Crippen molar-refractivity contribution in [3.63, 3.8) is 0 Å². The third-order valence-corrected chi connectivity index (χ3v) is 4.34. The van der Waals surface area contributed by atoms with Crippen LogP contribution in [0.15, 0.2) is 29.1 Å². The van der Waals surface area contributed by atoms with Crippen molar-refractivity contribution in [2.24, 2.45) is 0 Å². The number of rotatable bonds is 7. The molecule has 0 aliphatic heterocycles. The number of aromatic nitrogens is 1. The van der Waals surface area contributed by atoms with Crippen molar-refractivity contribution in [1.29, 1.82) is 0 Å². The van der Waals surface area contributed by atoms with E-state index >= 15 is 0 Å². The van der Waals surface area contributed by atoms with E-state index in [4.69, 9.17) is 4.74 Å². The van der Waals surface area contributed by atoms with Crippen LogP contribution in [0.3, 0.4) is 0 Å². The Morgan fingerprint density at radius 3 is 2.96 bits per heavy atom. The van der Waals surface area contributed by atoms with Crippen LogP contribution in [0.1, 0.15) is 37.8 Å². The quantitative estimate of drug-likeness (QED) is 0.771. The number of hydrogen-bond donors (Lipinski definition) is 2. The van der Waals surface area contributed by atoms with E-state index in [0.717, 1.165) is 19.6 Å². The van der Waals surface area contributed by atoms with Crippen molar-refractivity contribution in [2.45, 2.75) is 44.8 Å². The van der Waals surface area contributed by atoms with Gasteiger partial charge < -0.3 is 15.0 Å². The molecule has 1 fully saturated rings. The molecule has 1 heterocycles. The van der Waals surface area contributed by atoms with E-state index in [9.17, 15) is 9.18 Å². The molecule has 1 aliphatic carbocycles. The van der Waals surface area contributed by atoms with E-state index < -0.39 is 5.82 Å². The summed E-state index contributed by atoms with van der Waals surface area (Å²) in [6.07, 6.45) is 6.34. The molecule has 124 valence electrons. The maximum atomic E-state index is 13.8. The van der Waals surface area contributed by atoms with E-state index in [1.54, 1.807) is 12.1 Å². The normalized spacial score (nSPS) is 15.5. The van der Waals surface area contributed by atoms with Gasteiger partial charge in [-0.2, -0.15) is 0 Å². The maximum Gasteiger partial charge on any atom is 0.189 e. The van der Waals surface area contributed by atoms with Crippen LogP contribution in [0, 0.1) is 5.82 Å². The fraction of sp³-hybridized carbons (Fsp3) is 0.500. The van der Waals surface area contributed by atoms with E-state index in [1.165, 1.54) is 37.8 Å². The van der Waals surface area contributed by atoms with Crippen LogP contribution >= 0.6 is 0 Å². The third kappa shape index (κ3) is 4.18. The highest BCUT2D eigenvalue weighted by Gasteiger charge is 2.14. The summed E-state index contributed by atoms with van der Waals surface area (Å²) in [4.78, 5) is 15.0. The number of ether oxygens (including phenoxy) is 1. The standard InChI is InChI=1S/C18H23FN2O2/c19-16-8-3-7-15-17(22)11-13(21-18(15)16)12-20-9-4-10-23-14-5-1-2-6-14/h3,7-8,11,14,20H,1-2,4-6,9-10,12H2,(H,21,22). The number of nitrogens with one attached hydrogen (secondary N) is 2. The van der Waals surface area contributed by atoms with E-state index in [0.29, 0.717) is 23.7 Å². The summed E-state index contributed by atoms with van der Waals surface area (Å²) in [5, 5.41) is 3.65. The predicted octanol–water partition coefficient (Wildman–Crippen LogP) is 3.11. The second kappa shape index (κ2) is 7.70. The average Bonchev–Trinajstić information content (AvgIpc) is 3.05. The fourth-order valence-electron chi connectivity index (χ4n) is 3.11. The zero-order valence-corrected chi connectivity index (χ0v) is 13.2. The Morgan fingerprint density at radius 1 is 1.30 bits per heavy atom. The molecule has 4 nitrogen and oxygen atoms in total. The monoisotopic (exact) mass is 318 g/mol. The zero-order valence-electron chi connectivity index (χ0n) is 13.2. The van der Waals surface area contributed by atoms with Gasteiger partial charge in [0.15, 0.2) is 5.43 Å². The van der Waals surface area contributed by atoms with Crippen LogP contribution in [0.25, 0.3) is 10.9 Å². The summed E-state index contributed by atoms with van der Waals surface area (Å²) in [5.74, 6) is -0.397. The van der Waals surface area contributed by atoms with Crippen LogP contribution in [0.5, 0.6) is 0 Å². The minimum Gasteiger partial charge on any atom is -0.378 e. The van der Waals surface area contributed by atoms with Gasteiger partial charge in [0.05, 0.1) is 11.6 Å². The van der Waals surface area contributed by atoms with Gasteiger partial charge in [0, 0.05) is 30.3 Å².